The number of hydrogen-bond donors (Lipinski definition) is 2. The fraction of sp³-hybridized carbons (Fsp3) is 0.444. The van der Waals surface area contributed by atoms with Gasteiger partial charge in [-0.15, -0.1) is 0 Å². The quantitative estimate of drug-likeness (QED) is 0.278. The van der Waals surface area contributed by atoms with Gasteiger partial charge < -0.3 is 10.2 Å². The lowest BCUT2D eigenvalue weighted by Gasteiger charge is -2.58. The molecule has 1 spiro atoms. The number of carbonyl (C=O) groups is 2. The van der Waals surface area contributed by atoms with Crippen LogP contribution in [0.5, 0.6) is 0 Å². The molecule has 40 heavy (non-hydrogen) atoms. The van der Waals surface area contributed by atoms with Gasteiger partial charge in [0.1, 0.15) is 12.2 Å². The van der Waals surface area contributed by atoms with Crippen LogP contribution in [-0.4, -0.2) is 34.0 Å². The number of allylic oxidation sites excluding steroid dienone is 4. The molecule has 1 saturated carbocycles. The molecule has 4 heteroatoms. The van der Waals surface area contributed by atoms with E-state index in [1.165, 1.54) is 22.3 Å². The van der Waals surface area contributed by atoms with Crippen LogP contribution in [-0.2, 0) is 11.2 Å². The maximum absolute atomic E-state index is 12.6. The fourth-order valence-electron chi connectivity index (χ4n) is 9.25. The number of Topliss-reactive ketones (excluding diaryl/α,β-unsaturated/α-hetero) is 1. The zero-order chi connectivity index (χ0) is 27.9. The molecular formula is C36H36O4. The highest BCUT2D eigenvalue weighted by Crippen LogP contribution is 2.70. The Bertz CT molecular complexity index is 1580. The van der Waals surface area contributed by atoms with Crippen LogP contribution in [0.15, 0.2) is 65.3 Å². The Kier molecular flexibility index (Phi) is 5.70. The van der Waals surface area contributed by atoms with Crippen molar-refractivity contribution >= 4 is 11.6 Å². The average Bonchev–Trinajstić information content (AvgIpc) is 3.22. The van der Waals surface area contributed by atoms with Crippen LogP contribution in [0.4, 0.5) is 0 Å². The van der Waals surface area contributed by atoms with Gasteiger partial charge in [-0.1, -0.05) is 77.9 Å². The molecule has 5 aliphatic rings. The summed E-state index contributed by atoms with van der Waals surface area (Å²) in [6.45, 7) is 3.57. The van der Waals surface area contributed by atoms with Crippen LogP contribution < -0.4 is 0 Å². The van der Waals surface area contributed by atoms with Crippen LogP contribution in [0.2, 0.25) is 0 Å². The molecule has 1 fully saturated rings. The first kappa shape index (κ1) is 25.7. The Labute approximate surface area is 236 Å². The minimum Gasteiger partial charge on any atom is -0.384 e. The molecule has 4 nitrogen and oxygen atoms in total. The van der Waals surface area contributed by atoms with Crippen LogP contribution in [0.25, 0.3) is 11.1 Å². The fourth-order valence-corrected chi connectivity index (χ4v) is 9.25. The summed E-state index contributed by atoms with van der Waals surface area (Å²) in [5, 5.41) is 21.4. The van der Waals surface area contributed by atoms with E-state index in [1.54, 1.807) is 12.5 Å². The van der Waals surface area contributed by atoms with Crippen LogP contribution >= 0.6 is 0 Å². The van der Waals surface area contributed by atoms with E-state index < -0.39 is 11.0 Å². The standard InChI is InChI=1S/C36H36O4/c1-22(38)23-4-6-24(7-5-23)25-8-10-29-26(18-25)20-35-15-12-28(39)19-27(35)9-11-30-32-13-16-36(40,14-3-17-37)34(32,2)21-31(29)33(30)35/h4-8,10,18-19,31-32,37,40H,9,11-13,15-17,20-21H2,1-2H3/t31?,32-,34-,35+,36-/m0/s1. The predicted octanol–water partition coefficient (Wildman–Crippen LogP) is 6.11. The van der Waals surface area contributed by atoms with E-state index in [2.05, 4.69) is 37.0 Å². The summed E-state index contributed by atoms with van der Waals surface area (Å²) in [6, 6.07) is 14.7. The number of hydrogen-bond acceptors (Lipinski definition) is 4. The first-order valence-electron chi connectivity index (χ1n) is 14.7. The third kappa shape index (κ3) is 3.47. The van der Waals surface area contributed by atoms with E-state index in [9.17, 15) is 19.8 Å². The van der Waals surface area contributed by atoms with Gasteiger partial charge in [-0.05, 0) is 86.1 Å². The van der Waals surface area contributed by atoms with E-state index in [-0.39, 0.29) is 35.4 Å². The molecule has 0 radical (unpaired) electrons. The average molecular weight is 533 g/mol. The summed E-state index contributed by atoms with van der Waals surface area (Å²) in [5.41, 5.74) is 8.33. The van der Waals surface area contributed by atoms with Crippen LogP contribution in [0.3, 0.4) is 0 Å². The first-order valence-corrected chi connectivity index (χ1v) is 14.7. The molecule has 2 aromatic carbocycles. The lowest BCUT2D eigenvalue weighted by atomic mass is 9.45. The Morgan fingerprint density at radius 2 is 1.82 bits per heavy atom. The minimum absolute atomic E-state index is 0.0642. The Hall–Kier alpha value is -3.26. The number of carbonyl (C=O) groups excluding carboxylic acids is 2. The normalized spacial score (nSPS) is 33.6. The zero-order valence-electron chi connectivity index (χ0n) is 23.3. The molecule has 2 N–H and O–H groups in total. The topological polar surface area (TPSA) is 74.6 Å². The van der Waals surface area contributed by atoms with Gasteiger partial charge in [-0.2, -0.15) is 0 Å². The molecule has 5 aliphatic carbocycles. The summed E-state index contributed by atoms with van der Waals surface area (Å²) in [4.78, 5) is 24.4. The highest BCUT2D eigenvalue weighted by molar-refractivity contribution is 5.94. The molecule has 0 aliphatic heterocycles. The van der Waals surface area contributed by atoms with E-state index in [4.69, 9.17) is 0 Å². The summed E-state index contributed by atoms with van der Waals surface area (Å²) in [6.07, 6.45) is 8.54. The third-order valence-electron chi connectivity index (χ3n) is 11.2. The molecule has 0 amide bonds. The lowest BCUT2D eigenvalue weighted by Crippen LogP contribution is -2.52. The van der Waals surface area contributed by atoms with Gasteiger partial charge in [-0.3, -0.25) is 9.59 Å². The van der Waals surface area contributed by atoms with E-state index >= 15 is 0 Å². The number of aliphatic hydroxyl groups excluding tert-OH is 1. The zero-order valence-corrected chi connectivity index (χ0v) is 23.3. The Morgan fingerprint density at radius 3 is 2.58 bits per heavy atom. The lowest BCUT2D eigenvalue weighted by molar-refractivity contribution is -0.115. The molecule has 7 rings (SSSR count). The van der Waals surface area contributed by atoms with Crippen LogP contribution in [0.1, 0.15) is 86.2 Å². The molecular weight excluding hydrogens is 496 g/mol. The largest absolute Gasteiger partial charge is 0.384 e. The smallest absolute Gasteiger partial charge is 0.159 e. The molecule has 0 heterocycles. The van der Waals surface area contributed by atoms with Crippen molar-refractivity contribution in [1.29, 1.82) is 0 Å². The summed E-state index contributed by atoms with van der Waals surface area (Å²) in [5.74, 6) is 6.65. The first-order chi connectivity index (χ1) is 19.2. The molecule has 0 saturated heterocycles. The second-order valence-electron chi connectivity index (χ2n) is 13.0. The van der Waals surface area contributed by atoms with Crippen molar-refractivity contribution in [3.63, 3.8) is 0 Å². The minimum atomic E-state index is -1.12. The van der Waals surface area contributed by atoms with Crippen molar-refractivity contribution in [1.82, 2.24) is 0 Å². The Balaban J connectivity index is 1.41. The number of ketones is 2. The van der Waals surface area contributed by atoms with Gasteiger partial charge in [0.15, 0.2) is 11.6 Å². The highest BCUT2D eigenvalue weighted by atomic mass is 16.3. The maximum atomic E-state index is 12.6. The van der Waals surface area contributed by atoms with Gasteiger partial charge in [0.2, 0.25) is 0 Å². The number of benzene rings is 2. The van der Waals surface area contributed by atoms with Crippen molar-refractivity contribution in [3.05, 3.63) is 82.0 Å². The molecule has 5 atom stereocenters. The van der Waals surface area contributed by atoms with Crippen molar-refractivity contribution in [3.8, 4) is 23.0 Å². The molecule has 1 unspecified atom stereocenters. The third-order valence-corrected chi connectivity index (χ3v) is 11.2. The second-order valence-corrected chi connectivity index (χ2v) is 13.0. The SMILES string of the molecule is CC(=O)c1ccc(-c2ccc3c(c2)C[C@]24CCC(=O)C=C2CCC2=C4C3C[C@@]3(C)[C@H]2CC[C@@]3(O)C#CCO)cc1. The molecule has 0 aromatic heterocycles. The van der Waals surface area contributed by atoms with Gasteiger partial charge in [0, 0.05) is 28.7 Å². The number of fused-ring (bicyclic) bond motifs is 4. The van der Waals surface area contributed by atoms with Crippen molar-refractivity contribution in [2.75, 3.05) is 6.61 Å². The summed E-state index contributed by atoms with van der Waals surface area (Å²) < 4.78 is 0. The van der Waals surface area contributed by atoms with Gasteiger partial charge >= 0.3 is 0 Å². The predicted molar refractivity (Wildman–Crippen MR) is 155 cm³/mol. The van der Waals surface area contributed by atoms with Gasteiger partial charge in [-0.25, -0.2) is 0 Å². The molecule has 204 valence electrons. The molecule has 0 bridgehead atoms. The van der Waals surface area contributed by atoms with Crippen molar-refractivity contribution in [2.24, 2.45) is 16.7 Å². The molecule has 2 aromatic rings. The summed E-state index contributed by atoms with van der Waals surface area (Å²) >= 11 is 0. The van der Waals surface area contributed by atoms with E-state index in [1.807, 2.05) is 30.3 Å². The number of aliphatic hydroxyl groups is 2. The highest BCUT2D eigenvalue weighted by Gasteiger charge is 2.64. The second kappa shape index (κ2) is 8.87. The maximum Gasteiger partial charge on any atom is 0.159 e. The monoisotopic (exact) mass is 532 g/mol. The van der Waals surface area contributed by atoms with Crippen molar-refractivity contribution in [2.45, 2.75) is 76.7 Å². The Morgan fingerprint density at radius 1 is 1.05 bits per heavy atom. The van der Waals surface area contributed by atoms with E-state index in [0.29, 0.717) is 18.4 Å². The van der Waals surface area contributed by atoms with E-state index in [0.717, 1.165) is 49.7 Å². The summed E-state index contributed by atoms with van der Waals surface area (Å²) in [7, 11) is 0. The van der Waals surface area contributed by atoms with Crippen molar-refractivity contribution < 1.29 is 19.8 Å². The van der Waals surface area contributed by atoms with Gasteiger partial charge in [0.05, 0.1) is 0 Å². The number of rotatable bonds is 2. The van der Waals surface area contributed by atoms with Gasteiger partial charge in [0.25, 0.3) is 0 Å². The van der Waals surface area contributed by atoms with Crippen LogP contribution in [0, 0.1) is 28.6 Å².